The number of carbonyl (C=O) groups excluding carboxylic acids is 1. The molecule has 90 valence electrons. The van der Waals surface area contributed by atoms with Crippen molar-refractivity contribution in [2.45, 2.75) is 12.5 Å². The Morgan fingerprint density at radius 2 is 2.24 bits per heavy atom. The van der Waals surface area contributed by atoms with E-state index in [9.17, 15) is 15.0 Å². The second kappa shape index (κ2) is 4.99. The summed E-state index contributed by atoms with van der Waals surface area (Å²) in [5.41, 5.74) is 6.21. The van der Waals surface area contributed by atoms with E-state index in [1.807, 2.05) is 30.3 Å². The first-order chi connectivity index (χ1) is 8.15. The highest BCUT2D eigenvalue weighted by Crippen LogP contribution is 2.23. The van der Waals surface area contributed by atoms with Crippen LogP contribution in [-0.4, -0.2) is 23.7 Å². The maximum Gasteiger partial charge on any atom is 0.108 e. The molecule has 2 atom stereocenters. The van der Waals surface area contributed by atoms with Gasteiger partial charge in [0, 0.05) is 12.4 Å². The standard InChI is InChI=1S/C12H14N2O3/c15-10(7-12(16)17)8-14-6-5-9-3-1-2-4-11(9)13-14/h1-6,10,14-15H,7-8H2,(H,16,17)/p-1/t10-/m0/s1. The molecule has 0 saturated heterocycles. The van der Waals surface area contributed by atoms with Crippen LogP contribution in [0.1, 0.15) is 12.0 Å². The average molecular weight is 233 g/mol. The van der Waals surface area contributed by atoms with Crippen molar-refractivity contribution < 1.29 is 20.0 Å². The molecule has 0 amide bonds. The molecule has 5 nitrogen and oxygen atoms in total. The third-order valence-corrected chi connectivity index (χ3v) is 2.50. The van der Waals surface area contributed by atoms with Gasteiger partial charge in [0.1, 0.15) is 12.6 Å². The molecule has 2 N–H and O–H groups in total. The van der Waals surface area contributed by atoms with Crippen LogP contribution in [0.2, 0.25) is 0 Å². The first-order valence-corrected chi connectivity index (χ1v) is 5.38. The van der Waals surface area contributed by atoms with E-state index in [-0.39, 0.29) is 13.0 Å². The van der Waals surface area contributed by atoms with Gasteiger partial charge in [0.2, 0.25) is 0 Å². The van der Waals surface area contributed by atoms with E-state index in [0.29, 0.717) is 5.01 Å². The second-order valence-corrected chi connectivity index (χ2v) is 3.93. The van der Waals surface area contributed by atoms with E-state index in [1.54, 1.807) is 6.20 Å². The van der Waals surface area contributed by atoms with Crippen LogP contribution < -0.4 is 10.1 Å². The fraction of sp³-hybridized carbons (Fsp3) is 0.250. The zero-order chi connectivity index (χ0) is 12.3. The number of fused-ring (bicyclic) bond motifs is 1. The Hall–Kier alpha value is -1.85. The highest BCUT2D eigenvalue weighted by Gasteiger charge is 2.11. The first-order valence-electron chi connectivity index (χ1n) is 5.38. The summed E-state index contributed by atoms with van der Waals surface area (Å²) in [4.78, 5) is 10.3. The number of para-hydroxylation sites is 1. The third kappa shape index (κ3) is 3.05. The van der Waals surface area contributed by atoms with E-state index < -0.39 is 12.1 Å². The molecule has 0 spiro atoms. The number of benzene rings is 1. The fourth-order valence-electron chi connectivity index (χ4n) is 1.73. The van der Waals surface area contributed by atoms with E-state index >= 15 is 0 Å². The van der Waals surface area contributed by atoms with Gasteiger partial charge in [0.15, 0.2) is 0 Å². The number of nitrogens with zero attached hydrogens (tertiary/aromatic N) is 1. The Morgan fingerprint density at radius 3 is 3.00 bits per heavy atom. The van der Waals surface area contributed by atoms with Gasteiger partial charge < -0.3 is 25.4 Å². The highest BCUT2D eigenvalue weighted by molar-refractivity contribution is 5.68. The summed E-state index contributed by atoms with van der Waals surface area (Å²) in [5.74, 6) is -1.25. The molecule has 0 radical (unpaired) electrons. The molecule has 1 aromatic carbocycles. The lowest BCUT2D eigenvalue weighted by Gasteiger charge is -2.34. The van der Waals surface area contributed by atoms with Gasteiger partial charge >= 0.3 is 0 Å². The minimum absolute atomic E-state index is 0.221. The Labute approximate surface area is 99.0 Å². The van der Waals surface area contributed by atoms with Crippen molar-refractivity contribution in [2.75, 3.05) is 6.54 Å². The van der Waals surface area contributed by atoms with Gasteiger partial charge in [-0.3, -0.25) is 0 Å². The molecule has 0 aromatic heterocycles. The van der Waals surface area contributed by atoms with Crippen molar-refractivity contribution in [1.29, 1.82) is 0 Å². The summed E-state index contributed by atoms with van der Waals surface area (Å²) in [5, 5.41) is 20.5. The van der Waals surface area contributed by atoms with E-state index in [2.05, 4.69) is 5.43 Å². The Bertz CT molecular complexity index is 445. The zero-order valence-corrected chi connectivity index (χ0v) is 9.17. The van der Waals surface area contributed by atoms with Crippen molar-refractivity contribution in [3.63, 3.8) is 0 Å². The molecule has 5 heteroatoms. The summed E-state index contributed by atoms with van der Waals surface area (Å²) in [7, 11) is 0. The molecule has 17 heavy (non-hydrogen) atoms. The SMILES string of the molecule is O=C([O-])C[C@H](O)C[NH+]1C=Cc2ccccc2[N-]1. The van der Waals surface area contributed by atoms with Gasteiger partial charge in [-0.1, -0.05) is 30.0 Å². The van der Waals surface area contributed by atoms with Gasteiger partial charge in [-0.2, -0.15) is 0 Å². The lowest BCUT2D eigenvalue weighted by molar-refractivity contribution is -0.806. The van der Waals surface area contributed by atoms with Gasteiger partial charge in [-0.05, 0) is 11.6 Å². The highest BCUT2D eigenvalue weighted by atomic mass is 16.4. The molecule has 1 aliphatic heterocycles. The summed E-state index contributed by atoms with van der Waals surface area (Å²) < 4.78 is 0. The summed E-state index contributed by atoms with van der Waals surface area (Å²) in [6.07, 6.45) is 2.38. The van der Waals surface area contributed by atoms with E-state index in [1.165, 1.54) is 0 Å². The van der Waals surface area contributed by atoms with Crippen LogP contribution in [0.3, 0.4) is 0 Å². The Balaban J connectivity index is 1.97. The molecule has 1 aliphatic rings. The monoisotopic (exact) mass is 233 g/mol. The maximum absolute atomic E-state index is 10.3. The molecule has 1 heterocycles. The van der Waals surface area contributed by atoms with E-state index in [0.717, 1.165) is 11.3 Å². The van der Waals surface area contributed by atoms with Crippen molar-refractivity contribution in [1.82, 2.24) is 0 Å². The lowest BCUT2D eigenvalue weighted by atomic mass is 10.1. The molecule has 1 aromatic rings. The minimum atomic E-state index is -1.25. The predicted octanol–water partition coefficient (Wildman–Crippen LogP) is -1.02. The zero-order valence-electron chi connectivity index (χ0n) is 9.17. The predicted molar refractivity (Wildman–Crippen MR) is 60.0 cm³/mol. The Morgan fingerprint density at radius 1 is 1.47 bits per heavy atom. The minimum Gasteiger partial charge on any atom is -0.550 e. The number of hydrogen-bond acceptors (Lipinski definition) is 3. The van der Waals surface area contributed by atoms with Crippen LogP contribution in [0.15, 0.2) is 30.5 Å². The van der Waals surface area contributed by atoms with Crippen molar-refractivity contribution in [2.24, 2.45) is 0 Å². The largest absolute Gasteiger partial charge is 0.550 e. The van der Waals surface area contributed by atoms with Gasteiger partial charge in [0.05, 0.1) is 6.20 Å². The number of carboxylic acids is 1. The summed E-state index contributed by atoms with van der Waals surface area (Å²) >= 11 is 0. The van der Waals surface area contributed by atoms with Crippen molar-refractivity contribution >= 4 is 17.7 Å². The maximum atomic E-state index is 10.3. The number of hydrogen-bond donors (Lipinski definition) is 2. The molecule has 0 saturated carbocycles. The van der Waals surface area contributed by atoms with E-state index in [4.69, 9.17) is 0 Å². The van der Waals surface area contributed by atoms with Crippen molar-refractivity contribution in [3.05, 3.63) is 41.5 Å². The van der Waals surface area contributed by atoms with Crippen LogP contribution in [0.25, 0.3) is 11.5 Å². The number of aliphatic hydroxyl groups is 1. The number of rotatable bonds is 4. The van der Waals surface area contributed by atoms with Gasteiger partial charge in [-0.25, -0.2) is 0 Å². The smallest absolute Gasteiger partial charge is 0.108 e. The van der Waals surface area contributed by atoms with Crippen LogP contribution in [0.4, 0.5) is 5.69 Å². The summed E-state index contributed by atoms with van der Waals surface area (Å²) in [6, 6.07) is 7.64. The van der Waals surface area contributed by atoms with Crippen LogP contribution >= 0.6 is 0 Å². The number of carboxylic acid groups (broad SMARTS) is 1. The summed E-state index contributed by atoms with van der Waals surface area (Å²) in [6.45, 7) is 0.221. The molecule has 2 rings (SSSR count). The first kappa shape index (κ1) is 11.6. The number of aliphatic hydroxyl groups excluding tert-OH is 1. The van der Waals surface area contributed by atoms with Gasteiger partial charge in [0.25, 0.3) is 0 Å². The van der Waals surface area contributed by atoms with Crippen molar-refractivity contribution in [3.8, 4) is 0 Å². The third-order valence-electron chi connectivity index (χ3n) is 2.50. The van der Waals surface area contributed by atoms with Crippen LogP contribution in [0, 0.1) is 0 Å². The molecule has 0 fully saturated rings. The van der Waals surface area contributed by atoms with Crippen LogP contribution in [0.5, 0.6) is 0 Å². The quantitative estimate of drug-likeness (QED) is 0.698. The molecular weight excluding hydrogens is 220 g/mol. The topological polar surface area (TPSA) is 78.9 Å². The number of aliphatic carboxylic acids is 1. The number of carbonyl (C=O) groups is 1. The normalized spacial score (nSPS) is 19.2. The molecular formula is C12H13N2O3-. The number of quaternary nitrogens is 1. The second-order valence-electron chi connectivity index (χ2n) is 3.93. The molecule has 0 bridgehead atoms. The molecule has 1 unspecified atom stereocenters. The lowest BCUT2D eigenvalue weighted by Crippen LogP contribution is -3.04. The van der Waals surface area contributed by atoms with Crippen LogP contribution in [-0.2, 0) is 4.79 Å². The average Bonchev–Trinajstić information content (AvgIpc) is 2.27. The number of nitrogens with one attached hydrogen (secondary N) is 1. The Kier molecular flexibility index (Phi) is 3.41. The molecule has 0 aliphatic carbocycles. The fourth-order valence-corrected chi connectivity index (χ4v) is 1.73. The van der Waals surface area contributed by atoms with Gasteiger partial charge in [-0.15, -0.1) is 0 Å².